The Hall–Kier alpha value is -4.10. The number of rotatable bonds is 8. The van der Waals surface area contributed by atoms with Gasteiger partial charge in [-0.1, -0.05) is 43.3 Å². The van der Waals surface area contributed by atoms with Gasteiger partial charge < -0.3 is 20.5 Å². The summed E-state index contributed by atoms with van der Waals surface area (Å²) in [5.74, 6) is 0.377. The molecule has 0 saturated heterocycles. The van der Waals surface area contributed by atoms with Crippen LogP contribution >= 0.6 is 11.3 Å². The van der Waals surface area contributed by atoms with Gasteiger partial charge in [0.15, 0.2) is 0 Å². The van der Waals surface area contributed by atoms with Gasteiger partial charge in [-0.3, -0.25) is 9.59 Å². The molecule has 3 N–H and O–H groups in total. The molecule has 184 valence electrons. The van der Waals surface area contributed by atoms with Crippen molar-refractivity contribution < 1.29 is 19.4 Å². The van der Waals surface area contributed by atoms with E-state index in [-0.39, 0.29) is 29.2 Å². The van der Waals surface area contributed by atoms with Crippen LogP contribution in [0, 0.1) is 13.8 Å². The number of aromatic hydroxyl groups is 1. The zero-order chi connectivity index (χ0) is 25.7. The third-order valence-electron chi connectivity index (χ3n) is 5.84. The van der Waals surface area contributed by atoms with Crippen LogP contribution in [-0.2, 0) is 4.79 Å². The Morgan fingerprint density at radius 1 is 0.944 bits per heavy atom. The number of aryl methyl sites for hydroxylation is 2. The van der Waals surface area contributed by atoms with Crippen LogP contribution in [0.25, 0.3) is 0 Å². The molecule has 0 saturated carbocycles. The molecule has 2 amide bonds. The summed E-state index contributed by atoms with van der Waals surface area (Å²) in [6, 6.07) is 21.6. The van der Waals surface area contributed by atoms with Gasteiger partial charge in [0, 0.05) is 11.8 Å². The quantitative estimate of drug-likeness (QED) is 0.222. The highest BCUT2D eigenvalue weighted by Crippen LogP contribution is 2.36. The molecule has 0 aliphatic heterocycles. The average molecular weight is 501 g/mol. The minimum atomic E-state index is -0.336. The van der Waals surface area contributed by atoms with Gasteiger partial charge in [0.1, 0.15) is 17.2 Å². The smallest absolute Gasteiger partial charge is 0.265 e. The number of hydrogen-bond acceptors (Lipinski definition) is 5. The highest BCUT2D eigenvalue weighted by Gasteiger charge is 2.20. The molecule has 0 bridgehead atoms. The summed E-state index contributed by atoms with van der Waals surface area (Å²) in [6.45, 7) is 5.75. The zero-order valence-corrected chi connectivity index (χ0v) is 21.2. The topological polar surface area (TPSA) is 87.7 Å². The number of phenolic OH excluding ortho intramolecular Hbond substituents is 1. The van der Waals surface area contributed by atoms with Gasteiger partial charge in [0.25, 0.3) is 5.91 Å². The largest absolute Gasteiger partial charge is 0.506 e. The Kier molecular flexibility index (Phi) is 7.71. The molecule has 1 heterocycles. The van der Waals surface area contributed by atoms with Crippen LogP contribution in [0.3, 0.4) is 0 Å². The Bertz CT molecular complexity index is 1340. The van der Waals surface area contributed by atoms with E-state index in [0.29, 0.717) is 28.5 Å². The lowest BCUT2D eigenvalue weighted by Crippen LogP contribution is -2.20. The molecule has 6 nitrogen and oxygen atoms in total. The summed E-state index contributed by atoms with van der Waals surface area (Å²) in [5, 5.41) is 18.0. The Labute approximate surface area is 214 Å². The molecular weight excluding hydrogens is 472 g/mol. The molecule has 1 unspecified atom stereocenters. The van der Waals surface area contributed by atoms with Crippen LogP contribution in [0.4, 0.5) is 11.4 Å². The zero-order valence-electron chi connectivity index (χ0n) is 20.4. The summed E-state index contributed by atoms with van der Waals surface area (Å²) >= 11 is 1.38. The molecule has 4 rings (SSSR count). The summed E-state index contributed by atoms with van der Waals surface area (Å²) in [6.07, 6.45) is 0.626. The van der Waals surface area contributed by atoms with Gasteiger partial charge in [0.05, 0.1) is 16.5 Å². The molecule has 0 aliphatic rings. The maximum atomic E-state index is 13.0. The van der Waals surface area contributed by atoms with Crippen LogP contribution < -0.4 is 15.4 Å². The molecule has 0 spiro atoms. The second-order valence-corrected chi connectivity index (χ2v) is 9.46. The molecule has 36 heavy (non-hydrogen) atoms. The van der Waals surface area contributed by atoms with Crippen LogP contribution in [0.15, 0.2) is 78.2 Å². The molecule has 0 radical (unpaired) electrons. The van der Waals surface area contributed by atoms with Crippen LogP contribution in [0.1, 0.15) is 45.6 Å². The maximum absolute atomic E-state index is 13.0. The van der Waals surface area contributed by atoms with Crippen molar-refractivity contribution in [1.29, 1.82) is 0 Å². The van der Waals surface area contributed by atoms with Crippen molar-refractivity contribution in [3.63, 3.8) is 0 Å². The van der Waals surface area contributed by atoms with Crippen molar-refractivity contribution in [3.8, 4) is 17.2 Å². The highest BCUT2D eigenvalue weighted by atomic mass is 32.1. The van der Waals surface area contributed by atoms with Crippen molar-refractivity contribution in [1.82, 2.24) is 0 Å². The van der Waals surface area contributed by atoms with Crippen molar-refractivity contribution in [2.24, 2.45) is 0 Å². The van der Waals surface area contributed by atoms with Crippen molar-refractivity contribution in [2.75, 3.05) is 10.6 Å². The average Bonchev–Trinajstić information content (AvgIpc) is 3.40. The van der Waals surface area contributed by atoms with E-state index >= 15 is 0 Å². The predicted octanol–water partition coefficient (Wildman–Crippen LogP) is 7.25. The molecule has 0 fully saturated rings. The van der Waals surface area contributed by atoms with Crippen LogP contribution in [-0.4, -0.2) is 16.9 Å². The molecule has 7 heteroatoms. The molecule has 3 aromatic carbocycles. The lowest BCUT2D eigenvalue weighted by atomic mass is 9.95. The number of nitrogens with one attached hydrogen (secondary N) is 2. The number of carbonyl (C=O) groups is 2. The number of thiophene rings is 1. The van der Waals surface area contributed by atoms with Gasteiger partial charge in [-0.25, -0.2) is 0 Å². The minimum absolute atomic E-state index is 0.0429. The molecule has 1 atom stereocenters. The summed E-state index contributed by atoms with van der Waals surface area (Å²) in [5.41, 5.74) is 3.56. The third kappa shape index (κ3) is 5.75. The van der Waals surface area contributed by atoms with Crippen molar-refractivity contribution in [2.45, 2.75) is 33.1 Å². The second kappa shape index (κ2) is 11.1. The number of phenols is 1. The van der Waals surface area contributed by atoms with Crippen LogP contribution in [0.5, 0.6) is 17.2 Å². The summed E-state index contributed by atoms with van der Waals surface area (Å²) in [4.78, 5) is 26.0. The van der Waals surface area contributed by atoms with Gasteiger partial charge in [-0.05, 0) is 72.7 Å². The minimum Gasteiger partial charge on any atom is -0.506 e. The maximum Gasteiger partial charge on any atom is 0.265 e. The van der Waals surface area contributed by atoms with Crippen LogP contribution in [0.2, 0.25) is 0 Å². The number of ether oxygens (including phenoxy) is 1. The third-order valence-corrected chi connectivity index (χ3v) is 6.70. The van der Waals surface area contributed by atoms with E-state index in [0.717, 1.165) is 16.7 Å². The standard InChI is InChI=1S/C29H28N2O4S/c1-4-23(20-9-6-5-7-10-20)28(33)31-24-17-22(12-13-25(24)32)35-27-18(2)15-21(16-19(27)3)30-29(34)26-11-8-14-36-26/h5-17,23,32H,4H2,1-3H3,(H,30,34)(H,31,33). The van der Waals surface area contributed by atoms with E-state index in [2.05, 4.69) is 10.6 Å². The Morgan fingerprint density at radius 2 is 1.67 bits per heavy atom. The predicted molar refractivity (Wildman–Crippen MR) is 144 cm³/mol. The molecule has 0 aliphatic carbocycles. The van der Waals surface area contributed by atoms with E-state index in [9.17, 15) is 14.7 Å². The monoisotopic (exact) mass is 500 g/mol. The van der Waals surface area contributed by atoms with Gasteiger partial charge in [-0.15, -0.1) is 11.3 Å². The fraction of sp³-hybridized carbons (Fsp3) is 0.172. The van der Waals surface area contributed by atoms with E-state index < -0.39 is 0 Å². The first-order valence-corrected chi connectivity index (χ1v) is 12.6. The summed E-state index contributed by atoms with van der Waals surface area (Å²) < 4.78 is 6.15. The van der Waals surface area contributed by atoms with E-state index in [4.69, 9.17) is 4.74 Å². The number of benzene rings is 3. The first kappa shape index (κ1) is 25.0. The number of carbonyl (C=O) groups excluding carboxylic acids is 2. The fourth-order valence-electron chi connectivity index (χ4n) is 4.06. The van der Waals surface area contributed by atoms with Gasteiger partial charge >= 0.3 is 0 Å². The summed E-state index contributed by atoms with van der Waals surface area (Å²) in [7, 11) is 0. The fourth-order valence-corrected chi connectivity index (χ4v) is 4.68. The number of anilines is 2. The number of amides is 2. The molecule has 1 aromatic heterocycles. The van der Waals surface area contributed by atoms with E-state index in [1.54, 1.807) is 18.2 Å². The van der Waals surface area contributed by atoms with Gasteiger partial charge in [0.2, 0.25) is 5.91 Å². The van der Waals surface area contributed by atoms with E-state index in [1.807, 2.05) is 74.7 Å². The van der Waals surface area contributed by atoms with Crippen molar-refractivity contribution in [3.05, 3.63) is 99.7 Å². The normalized spacial score (nSPS) is 11.5. The van der Waals surface area contributed by atoms with Gasteiger partial charge in [-0.2, -0.15) is 0 Å². The molecular formula is C29H28N2O4S. The van der Waals surface area contributed by atoms with E-state index in [1.165, 1.54) is 17.4 Å². The Balaban J connectivity index is 1.51. The SMILES string of the molecule is CCC(C(=O)Nc1cc(Oc2c(C)cc(NC(=O)c3cccs3)cc2C)ccc1O)c1ccccc1. The Morgan fingerprint density at radius 3 is 2.31 bits per heavy atom. The molecule has 4 aromatic rings. The first-order chi connectivity index (χ1) is 17.4. The lowest BCUT2D eigenvalue weighted by Gasteiger charge is -2.18. The highest BCUT2D eigenvalue weighted by molar-refractivity contribution is 7.12. The van der Waals surface area contributed by atoms with Crippen molar-refractivity contribution >= 4 is 34.5 Å². The number of hydrogen-bond donors (Lipinski definition) is 3. The second-order valence-electron chi connectivity index (χ2n) is 8.51. The first-order valence-electron chi connectivity index (χ1n) is 11.7. The lowest BCUT2D eigenvalue weighted by molar-refractivity contribution is -0.117.